The average Bonchev–Trinajstić information content (AvgIpc) is 2.91. The number of alkyl halides is 3. The number of carbonyl (C=O) groups is 1. The topological polar surface area (TPSA) is 103 Å². The molecule has 9 nitrogen and oxygen atoms in total. The molecule has 212 valence electrons. The number of aryl methyl sites for hydroxylation is 1. The summed E-state index contributed by atoms with van der Waals surface area (Å²) in [6.07, 6.45) is -6.63. The zero-order chi connectivity index (χ0) is 28.6. The van der Waals surface area contributed by atoms with Crippen molar-refractivity contribution < 1.29 is 36.6 Å². The van der Waals surface area contributed by atoms with Crippen LogP contribution >= 0.6 is 0 Å². The number of amides is 1. The fourth-order valence-electron chi connectivity index (χ4n) is 4.93. The maximum absolute atomic E-state index is 15.1. The van der Waals surface area contributed by atoms with E-state index < -0.39 is 35.3 Å². The van der Waals surface area contributed by atoms with E-state index in [1.165, 1.54) is 21.1 Å². The van der Waals surface area contributed by atoms with E-state index in [1.807, 2.05) is 4.90 Å². The zero-order valence-corrected chi connectivity index (χ0v) is 22.2. The third-order valence-corrected chi connectivity index (χ3v) is 7.16. The number of nitrogens with two attached hydrogens (primary N) is 1. The van der Waals surface area contributed by atoms with Crippen LogP contribution in [0.5, 0.6) is 6.01 Å². The molecule has 1 amide bonds. The number of aromatic nitrogens is 2. The van der Waals surface area contributed by atoms with E-state index in [0.29, 0.717) is 48.8 Å². The Bertz CT molecular complexity index is 1280. The molecule has 2 N–H and O–H groups in total. The Morgan fingerprint density at radius 1 is 1.23 bits per heavy atom. The smallest absolute Gasteiger partial charge is 0.417 e. The second kappa shape index (κ2) is 11.0. The number of anilines is 2. The van der Waals surface area contributed by atoms with Crippen LogP contribution in [0.3, 0.4) is 0 Å². The number of methoxy groups -OCH3 is 2. The first-order valence-electron chi connectivity index (χ1n) is 12.3. The van der Waals surface area contributed by atoms with E-state index in [9.17, 15) is 18.0 Å². The van der Waals surface area contributed by atoms with Crippen LogP contribution in [0.1, 0.15) is 41.0 Å². The Labute approximate surface area is 223 Å². The van der Waals surface area contributed by atoms with Crippen LogP contribution in [0.4, 0.5) is 29.1 Å². The monoisotopic (exact) mass is 553 g/mol. The van der Waals surface area contributed by atoms with Gasteiger partial charge in [0, 0.05) is 56.4 Å². The molecule has 0 radical (unpaired) electrons. The number of rotatable bonds is 6. The molecule has 39 heavy (non-hydrogen) atoms. The van der Waals surface area contributed by atoms with Gasteiger partial charge in [-0.15, -0.1) is 0 Å². The van der Waals surface area contributed by atoms with Gasteiger partial charge in [-0.3, -0.25) is 4.79 Å². The maximum Gasteiger partial charge on any atom is 0.417 e. The second-order valence-corrected chi connectivity index (χ2v) is 9.53. The molecule has 2 unspecified atom stereocenters. The van der Waals surface area contributed by atoms with Crippen molar-refractivity contribution in [3.05, 3.63) is 52.0 Å². The van der Waals surface area contributed by atoms with Gasteiger partial charge in [0.15, 0.2) is 5.82 Å². The van der Waals surface area contributed by atoms with Crippen molar-refractivity contribution in [2.45, 2.75) is 45.3 Å². The summed E-state index contributed by atoms with van der Waals surface area (Å²) in [5, 5.41) is 0. The first-order valence-corrected chi connectivity index (χ1v) is 12.3. The van der Waals surface area contributed by atoms with Crippen molar-refractivity contribution in [3.8, 4) is 6.01 Å². The lowest BCUT2D eigenvalue weighted by atomic mass is 9.91. The summed E-state index contributed by atoms with van der Waals surface area (Å²) in [7, 11) is 2.88. The van der Waals surface area contributed by atoms with Gasteiger partial charge in [-0.2, -0.15) is 23.1 Å². The maximum atomic E-state index is 15.1. The molecule has 1 saturated heterocycles. The highest BCUT2D eigenvalue weighted by Gasteiger charge is 2.41. The molecule has 2 aliphatic rings. The average molecular weight is 554 g/mol. The number of nitrogen functional groups attached to an aromatic ring is 1. The standard InChI is InChI=1S/C26H31F4N5O4/c1-13-10-17(31)22(27)20(21(13)26(28,29)30)19-11-18-16(12-39-19)23(33-25(32-18)38-5)34-6-8-35(9-7-34)24(36)14(2)15(3)37-4/h10,15,19H,2,6-9,11-12,31H2,1,3-5H3. The van der Waals surface area contributed by atoms with E-state index in [0.717, 1.165) is 6.07 Å². The van der Waals surface area contributed by atoms with Crippen LogP contribution < -0.4 is 15.4 Å². The molecule has 0 spiro atoms. The van der Waals surface area contributed by atoms with Crippen LogP contribution in [0.25, 0.3) is 0 Å². The lowest BCUT2D eigenvalue weighted by Gasteiger charge is -2.38. The van der Waals surface area contributed by atoms with Crippen LogP contribution in [-0.2, 0) is 33.5 Å². The predicted octanol–water partition coefficient (Wildman–Crippen LogP) is 3.59. The van der Waals surface area contributed by atoms with Gasteiger partial charge in [-0.1, -0.05) is 6.58 Å². The highest BCUT2D eigenvalue weighted by molar-refractivity contribution is 5.93. The lowest BCUT2D eigenvalue weighted by molar-refractivity contribution is -0.140. The molecule has 0 saturated carbocycles. The zero-order valence-electron chi connectivity index (χ0n) is 22.2. The minimum absolute atomic E-state index is 0.0190. The molecule has 0 aliphatic carbocycles. The number of nitrogens with zero attached hydrogens (tertiary/aromatic N) is 4. The van der Waals surface area contributed by atoms with Crippen molar-refractivity contribution in [1.82, 2.24) is 14.9 Å². The molecular formula is C26H31F4N5O4. The van der Waals surface area contributed by atoms with Gasteiger partial charge in [0.2, 0.25) is 0 Å². The fourth-order valence-corrected chi connectivity index (χ4v) is 4.93. The summed E-state index contributed by atoms with van der Waals surface area (Å²) >= 11 is 0. The lowest BCUT2D eigenvalue weighted by Crippen LogP contribution is -2.50. The largest absolute Gasteiger partial charge is 0.467 e. The number of carbonyl (C=O) groups excluding carboxylic acids is 1. The molecule has 2 atom stereocenters. The molecule has 13 heteroatoms. The summed E-state index contributed by atoms with van der Waals surface area (Å²) in [4.78, 5) is 25.2. The van der Waals surface area contributed by atoms with Crippen molar-refractivity contribution in [2.24, 2.45) is 0 Å². The Morgan fingerprint density at radius 3 is 2.49 bits per heavy atom. The van der Waals surface area contributed by atoms with Gasteiger partial charge >= 0.3 is 12.2 Å². The normalized spacial score (nSPS) is 18.5. The molecule has 4 rings (SSSR count). The third-order valence-electron chi connectivity index (χ3n) is 7.16. The number of ether oxygens (including phenoxy) is 3. The number of fused-ring (bicyclic) bond motifs is 1. The number of halogens is 4. The Kier molecular flexibility index (Phi) is 8.03. The molecule has 1 aromatic heterocycles. The SMILES string of the molecule is C=C(C(=O)N1CCN(c2nc(OC)nc3c2COC(c2c(F)c(N)cc(C)c2C(F)(F)F)C3)CC1)C(C)OC. The minimum atomic E-state index is -4.81. The van der Waals surface area contributed by atoms with Gasteiger partial charge in [-0.05, 0) is 25.5 Å². The third kappa shape index (κ3) is 5.50. The Morgan fingerprint density at radius 2 is 1.90 bits per heavy atom. The van der Waals surface area contributed by atoms with Crippen LogP contribution in [0.15, 0.2) is 18.2 Å². The van der Waals surface area contributed by atoms with Crippen molar-refractivity contribution in [1.29, 1.82) is 0 Å². The number of hydrogen-bond donors (Lipinski definition) is 1. The van der Waals surface area contributed by atoms with E-state index in [2.05, 4.69) is 16.5 Å². The summed E-state index contributed by atoms with van der Waals surface area (Å²) in [6, 6.07) is 0.989. The first kappa shape index (κ1) is 28.6. The quantitative estimate of drug-likeness (QED) is 0.329. The van der Waals surface area contributed by atoms with Gasteiger partial charge in [0.05, 0.1) is 42.9 Å². The Hall–Kier alpha value is -3.45. The highest BCUT2D eigenvalue weighted by Crippen LogP contribution is 2.44. The van der Waals surface area contributed by atoms with Gasteiger partial charge < -0.3 is 29.7 Å². The summed E-state index contributed by atoms with van der Waals surface area (Å²) < 4.78 is 73.2. The molecule has 1 fully saturated rings. The van der Waals surface area contributed by atoms with E-state index in [-0.39, 0.29) is 36.2 Å². The van der Waals surface area contributed by atoms with E-state index in [4.69, 9.17) is 19.9 Å². The first-order chi connectivity index (χ1) is 18.4. The van der Waals surface area contributed by atoms with Gasteiger partial charge in [0.25, 0.3) is 5.91 Å². The van der Waals surface area contributed by atoms with Crippen LogP contribution in [0.2, 0.25) is 0 Å². The minimum Gasteiger partial charge on any atom is -0.467 e. The fraction of sp³-hybridized carbons (Fsp3) is 0.500. The van der Waals surface area contributed by atoms with E-state index >= 15 is 4.39 Å². The second-order valence-electron chi connectivity index (χ2n) is 9.53. The highest BCUT2D eigenvalue weighted by atomic mass is 19.4. The molecule has 2 aromatic rings. The van der Waals surface area contributed by atoms with Crippen molar-refractivity contribution in [2.75, 3.05) is 51.0 Å². The van der Waals surface area contributed by atoms with Crippen LogP contribution in [-0.4, -0.2) is 67.3 Å². The summed E-state index contributed by atoms with van der Waals surface area (Å²) in [6.45, 7) is 8.31. The summed E-state index contributed by atoms with van der Waals surface area (Å²) in [5.41, 5.74) is 4.68. The molecule has 2 aliphatic heterocycles. The number of hydrogen-bond acceptors (Lipinski definition) is 8. The molecule has 3 heterocycles. The number of piperazine rings is 1. The Balaban J connectivity index is 1.62. The summed E-state index contributed by atoms with van der Waals surface area (Å²) in [5.74, 6) is -0.864. The number of benzene rings is 1. The molecule has 1 aromatic carbocycles. The predicted molar refractivity (Wildman–Crippen MR) is 135 cm³/mol. The van der Waals surface area contributed by atoms with Crippen LogP contribution in [0, 0.1) is 12.7 Å². The molecule has 0 bridgehead atoms. The van der Waals surface area contributed by atoms with E-state index in [1.54, 1.807) is 11.8 Å². The van der Waals surface area contributed by atoms with Gasteiger partial charge in [-0.25, -0.2) is 4.39 Å². The van der Waals surface area contributed by atoms with Crippen molar-refractivity contribution >= 4 is 17.4 Å². The van der Waals surface area contributed by atoms with Crippen molar-refractivity contribution in [3.63, 3.8) is 0 Å². The van der Waals surface area contributed by atoms with Gasteiger partial charge in [0.1, 0.15) is 5.82 Å². The molecular weight excluding hydrogens is 522 g/mol.